The molecule has 0 spiro atoms. The molecule has 0 amide bonds. The lowest BCUT2D eigenvalue weighted by atomic mass is 9.85. The average molecular weight is 1340 g/mol. The number of para-hydroxylation sites is 6. The standard InChI is InChI=1S/3C33H21NO/c1-2-12-22(13-3-1)31-23-14-4-6-16-25(23)32(26-17-7-5-15-24(26)31)27-18-8-9-19-28(27)33-34-29-20-10-11-21-30(29)35-33;1-2-11-22(12-3-1)31-25-15-4-6-17-27(25)32(28-18-7-5-16-26(28)31)23-13-10-14-24(21-23)33-34-29-19-8-9-20-30(29)35-33;1-2-10-22(11-3-1)31-25-12-4-6-14-27(25)32(28-15-7-5-13-26(28)31)23-18-20-24(21-19-23)33-34-29-16-8-9-17-30(29)35-33/h3*1-21H. The molecule has 0 saturated heterocycles. The summed E-state index contributed by atoms with van der Waals surface area (Å²) in [5, 5.41) is 14.9. The summed E-state index contributed by atoms with van der Waals surface area (Å²) in [4.78, 5) is 14.2. The molecule has 6 nitrogen and oxygen atoms in total. The van der Waals surface area contributed by atoms with Gasteiger partial charge in [-0.2, -0.15) is 0 Å². The molecule has 0 radical (unpaired) electrons. The van der Waals surface area contributed by atoms with Gasteiger partial charge in [0.05, 0.1) is 0 Å². The Labute approximate surface area is 605 Å². The van der Waals surface area contributed by atoms with Crippen LogP contribution in [0.3, 0.4) is 0 Å². The Morgan fingerprint density at radius 3 is 0.752 bits per heavy atom. The molecule has 0 N–H and O–H groups in total. The van der Waals surface area contributed by atoms with E-state index < -0.39 is 0 Å². The number of oxazole rings is 3. The van der Waals surface area contributed by atoms with Gasteiger partial charge >= 0.3 is 0 Å². The van der Waals surface area contributed by atoms with Gasteiger partial charge in [-0.05, 0) is 198 Å². The van der Waals surface area contributed by atoms with Crippen molar-refractivity contribution in [2.75, 3.05) is 0 Å². The second kappa shape index (κ2) is 26.8. The van der Waals surface area contributed by atoms with Gasteiger partial charge in [-0.15, -0.1) is 0 Å². The Balaban J connectivity index is 0.000000108. The summed E-state index contributed by atoms with van der Waals surface area (Å²) in [6, 6.07) is 134. The van der Waals surface area contributed by atoms with Crippen molar-refractivity contribution in [3.63, 3.8) is 0 Å². The average Bonchev–Trinajstić information content (AvgIpc) is 0.806. The van der Waals surface area contributed by atoms with E-state index in [9.17, 15) is 0 Å². The van der Waals surface area contributed by atoms with Crippen LogP contribution in [-0.4, -0.2) is 15.0 Å². The van der Waals surface area contributed by atoms with Crippen molar-refractivity contribution in [1.82, 2.24) is 15.0 Å². The Bertz CT molecular complexity index is 6540. The smallest absolute Gasteiger partial charge is 0.227 e. The summed E-state index contributed by atoms with van der Waals surface area (Å²) in [7, 11) is 0. The number of aromatic nitrogens is 3. The van der Waals surface area contributed by atoms with Crippen molar-refractivity contribution in [1.29, 1.82) is 0 Å². The first-order valence-corrected chi connectivity index (χ1v) is 35.5. The maximum atomic E-state index is 6.22. The second-order valence-electron chi connectivity index (χ2n) is 26.3. The predicted molar refractivity (Wildman–Crippen MR) is 436 cm³/mol. The maximum absolute atomic E-state index is 6.22. The van der Waals surface area contributed by atoms with Gasteiger partial charge in [-0.3, -0.25) is 0 Å². The van der Waals surface area contributed by atoms with E-state index in [0.29, 0.717) is 17.7 Å². The molecule has 492 valence electrons. The van der Waals surface area contributed by atoms with Crippen molar-refractivity contribution < 1.29 is 13.3 Å². The first-order valence-electron chi connectivity index (χ1n) is 35.5. The zero-order chi connectivity index (χ0) is 69.6. The quantitative estimate of drug-likeness (QED) is 0.134. The third-order valence-corrected chi connectivity index (χ3v) is 20.1. The van der Waals surface area contributed by atoms with Crippen LogP contribution in [0.25, 0.3) is 199 Å². The van der Waals surface area contributed by atoms with Gasteiger partial charge in [0.2, 0.25) is 17.7 Å². The zero-order valence-electron chi connectivity index (χ0n) is 56.9. The van der Waals surface area contributed by atoms with Crippen LogP contribution in [0.4, 0.5) is 0 Å². The fraction of sp³-hybridized carbons (Fsp3) is 0. The van der Waals surface area contributed by atoms with E-state index in [1.54, 1.807) is 0 Å². The van der Waals surface area contributed by atoms with E-state index in [2.05, 4.69) is 314 Å². The highest BCUT2D eigenvalue weighted by atomic mass is 16.4. The largest absolute Gasteiger partial charge is 0.436 e. The Morgan fingerprint density at radius 2 is 0.390 bits per heavy atom. The van der Waals surface area contributed by atoms with Gasteiger partial charge < -0.3 is 13.3 Å². The number of benzene rings is 18. The van der Waals surface area contributed by atoms with E-state index in [0.717, 1.165) is 61.1 Å². The Hall–Kier alpha value is -14.1. The molecule has 0 aliphatic rings. The minimum Gasteiger partial charge on any atom is -0.436 e. The van der Waals surface area contributed by atoms with Gasteiger partial charge in [-0.1, -0.05) is 315 Å². The topological polar surface area (TPSA) is 78.1 Å². The highest BCUT2D eigenvalue weighted by molar-refractivity contribution is 6.24. The lowest BCUT2D eigenvalue weighted by molar-refractivity contribution is 0.619. The minimum atomic E-state index is 0.641. The summed E-state index contributed by atoms with van der Waals surface area (Å²) in [6.45, 7) is 0. The lowest BCUT2D eigenvalue weighted by Gasteiger charge is -2.18. The third kappa shape index (κ3) is 11.3. The van der Waals surface area contributed by atoms with Gasteiger partial charge in [0, 0.05) is 16.7 Å². The third-order valence-electron chi connectivity index (χ3n) is 20.1. The van der Waals surface area contributed by atoms with Gasteiger partial charge in [0.15, 0.2) is 16.7 Å². The summed E-state index contributed by atoms with van der Waals surface area (Å²) in [5.74, 6) is 1.93. The fourth-order valence-electron chi connectivity index (χ4n) is 15.5. The predicted octanol–water partition coefficient (Wildman–Crippen LogP) is 27.4. The van der Waals surface area contributed by atoms with Crippen LogP contribution in [0.1, 0.15) is 0 Å². The van der Waals surface area contributed by atoms with Crippen LogP contribution in [-0.2, 0) is 0 Å². The van der Waals surface area contributed by atoms with E-state index in [1.165, 1.54) is 120 Å². The number of fused-ring (bicyclic) bond motifs is 9. The molecule has 21 aromatic rings. The van der Waals surface area contributed by atoms with Gasteiger partial charge in [0.1, 0.15) is 16.6 Å². The van der Waals surface area contributed by atoms with Crippen molar-refractivity contribution >= 4 is 97.9 Å². The monoisotopic (exact) mass is 1340 g/mol. The number of rotatable bonds is 9. The van der Waals surface area contributed by atoms with E-state index in [1.807, 2.05) is 72.8 Å². The van der Waals surface area contributed by atoms with Gasteiger partial charge in [-0.25, -0.2) is 15.0 Å². The van der Waals surface area contributed by atoms with Crippen molar-refractivity contribution in [2.45, 2.75) is 0 Å². The lowest BCUT2D eigenvalue weighted by Crippen LogP contribution is -1.92. The zero-order valence-corrected chi connectivity index (χ0v) is 56.9. The number of nitrogens with zero attached hydrogens (tertiary/aromatic N) is 3. The van der Waals surface area contributed by atoms with Crippen LogP contribution < -0.4 is 0 Å². The van der Waals surface area contributed by atoms with Crippen LogP contribution in [0, 0.1) is 0 Å². The van der Waals surface area contributed by atoms with Crippen molar-refractivity contribution in [2.24, 2.45) is 0 Å². The normalized spacial score (nSPS) is 11.4. The molecule has 0 atom stereocenters. The van der Waals surface area contributed by atoms with Gasteiger partial charge in [0.25, 0.3) is 0 Å². The number of hydrogen-bond donors (Lipinski definition) is 0. The first kappa shape index (κ1) is 62.0. The molecule has 0 unspecified atom stereocenters. The molecular formula is C99H63N3O3. The minimum absolute atomic E-state index is 0.641. The van der Waals surface area contributed by atoms with Crippen LogP contribution >= 0.6 is 0 Å². The summed E-state index contributed by atoms with van der Waals surface area (Å²) >= 11 is 0. The molecule has 0 aliphatic carbocycles. The molecule has 6 heteroatoms. The van der Waals surface area contributed by atoms with Crippen molar-refractivity contribution in [3.05, 3.63) is 382 Å². The SMILES string of the molecule is c1ccc(-c2c3ccccc3c(-c3ccc(-c4nc5ccccc5o4)cc3)c3ccccc23)cc1.c1ccc(-c2c3ccccc3c(-c3cccc(-c4nc5ccccc5o4)c3)c3ccccc23)cc1.c1ccc(-c2c3ccccc3c(-c3ccccc3-c3nc4ccccc4o3)c3ccccc23)cc1. The Kier molecular flexibility index (Phi) is 15.8. The van der Waals surface area contributed by atoms with Crippen molar-refractivity contribution in [3.8, 4) is 101 Å². The molecule has 0 saturated carbocycles. The maximum Gasteiger partial charge on any atom is 0.227 e. The highest BCUT2D eigenvalue weighted by Crippen LogP contribution is 2.49. The molecule has 0 bridgehead atoms. The number of hydrogen-bond acceptors (Lipinski definition) is 6. The summed E-state index contributed by atoms with van der Waals surface area (Å²) < 4.78 is 18.3. The fourth-order valence-corrected chi connectivity index (χ4v) is 15.5. The first-order chi connectivity index (χ1) is 52.1. The highest BCUT2D eigenvalue weighted by Gasteiger charge is 2.23. The molecular weight excluding hydrogens is 1280 g/mol. The van der Waals surface area contributed by atoms with Crippen LogP contribution in [0.5, 0.6) is 0 Å². The summed E-state index contributed by atoms with van der Waals surface area (Å²) in [6.07, 6.45) is 0. The molecule has 105 heavy (non-hydrogen) atoms. The molecule has 0 fully saturated rings. The molecule has 0 aliphatic heterocycles. The molecule has 3 heterocycles. The molecule has 3 aromatic heterocycles. The molecule has 18 aromatic carbocycles. The molecule has 21 rings (SSSR count). The Morgan fingerprint density at radius 1 is 0.152 bits per heavy atom. The van der Waals surface area contributed by atoms with E-state index in [4.69, 9.17) is 23.2 Å². The van der Waals surface area contributed by atoms with Crippen LogP contribution in [0.15, 0.2) is 395 Å². The second-order valence-corrected chi connectivity index (χ2v) is 26.3. The summed E-state index contributed by atoms with van der Waals surface area (Å²) in [5.41, 5.74) is 22.6. The van der Waals surface area contributed by atoms with E-state index >= 15 is 0 Å². The van der Waals surface area contributed by atoms with E-state index in [-0.39, 0.29) is 0 Å². The van der Waals surface area contributed by atoms with Crippen LogP contribution in [0.2, 0.25) is 0 Å².